The summed E-state index contributed by atoms with van der Waals surface area (Å²) in [5.41, 5.74) is -4.96. The number of benzene rings is 1. The number of nitrogens with zero attached hydrogens (tertiary/aromatic N) is 4. The second-order valence-corrected chi connectivity index (χ2v) is 16.7. The number of carbonyl (C=O) groups excluding carboxylic acids is 3. The largest absolute Gasteiger partial charge is 0.481 e. The number of hydrogen-bond donors (Lipinski definition) is 1. The van der Waals surface area contributed by atoms with Crippen LogP contribution in [0.4, 0.5) is 22.4 Å². The summed E-state index contributed by atoms with van der Waals surface area (Å²) in [6.07, 6.45) is -6.96. The predicted octanol–water partition coefficient (Wildman–Crippen LogP) is 5.31. The van der Waals surface area contributed by atoms with Gasteiger partial charge in [0.25, 0.3) is 5.91 Å². The number of carbonyl (C=O) groups is 3. The van der Waals surface area contributed by atoms with Crippen molar-refractivity contribution < 1.29 is 49.8 Å². The predicted molar refractivity (Wildman–Crippen MR) is 173 cm³/mol. The van der Waals surface area contributed by atoms with Crippen LogP contribution in [0.1, 0.15) is 59.1 Å². The monoisotopic (exact) mass is 777 g/mol. The molecule has 2 aliphatic heterocycles. The van der Waals surface area contributed by atoms with Crippen molar-refractivity contribution in [2.75, 3.05) is 13.1 Å². The van der Waals surface area contributed by atoms with Gasteiger partial charge in [0.2, 0.25) is 5.91 Å². The quantitative estimate of drug-likeness (QED) is 0.351. The molecule has 2 aromatic rings. The van der Waals surface area contributed by atoms with Gasteiger partial charge < -0.3 is 19.7 Å². The molecule has 2 saturated heterocycles. The lowest BCUT2D eigenvalue weighted by Gasteiger charge is -2.52. The van der Waals surface area contributed by atoms with E-state index in [4.69, 9.17) is 32.7 Å². The van der Waals surface area contributed by atoms with E-state index in [1.807, 2.05) is 6.07 Å². The highest BCUT2D eigenvalue weighted by atomic mass is 35.5. The number of halogens is 6. The number of rotatable bonds is 8. The molecule has 3 fully saturated rings. The van der Waals surface area contributed by atoms with E-state index in [1.165, 1.54) is 0 Å². The minimum Gasteiger partial charge on any atom is -0.481 e. The zero-order chi connectivity index (χ0) is 37.9. The lowest BCUT2D eigenvalue weighted by atomic mass is 9.79. The van der Waals surface area contributed by atoms with Gasteiger partial charge in [0.1, 0.15) is 34.4 Å². The Morgan fingerprint density at radius 3 is 2.31 bits per heavy atom. The van der Waals surface area contributed by atoms with Gasteiger partial charge in [0.15, 0.2) is 21.5 Å². The SMILES string of the molecule is CC(Oc1ccc(S(=O)(=O)C2CC(C(=O)NC3(C#N)CC3)N(C(=O)C3(c4ncc(Cl)cc4F)CCN3C(=O)OC(C)(C)C)C2)c(Cl)c1)C(F)(F)F. The molecule has 1 aromatic carbocycles. The summed E-state index contributed by atoms with van der Waals surface area (Å²) in [7, 11) is -4.54. The van der Waals surface area contributed by atoms with Gasteiger partial charge in [-0.25, -0.2) is 17.6 Å². The summed E-state index contributed by atoms with van der Waals surface area (Å²) in [6, 6.07) is 4.19. The minimum atomic E-state index is -4.71. The van der Waals surface area contributed by atoms with E-state index in [0.29, 0.717) is 12.8 Å². The molecule has 1 aromatic heterocycles. The summed E-state index contributed by atoms with van der Waals surface area (Å²) in [5.74, 6) is -3.31. The summed E-state index contributed by atoms with van der Waals surface area (Å²) >= 11 is 12.2. The summed E-state index contributed by atoms with van der Waals surface area (Å²) < 4.78 is 93.3. The van der Waals surface area contributed by atoms with Gasteiger partial charge in [-0.15, -0.1) is 0 Å². The number of aromatic nitrogens is 1. The van der Waals surface area contributed by atoms with Crippen molar-refractivity contribution in [2.45, 2.75) is 98.5 Å². The lowest BCUT2D eigenvalue weighted by molar-refractivity contribution is -0.189. The first kappa shape index (κ1) is 38.4. The molecular formula is C32H33Cl2F4N5O7S. The van der Waals surface area contributed by atoms with Crippen molar-refractivity contribution in [2.24, 2.45) is 0 Å². The Balaban J connectivity index is 1.55. The molecule has 0 spiro atoms. The molecule has 3 aliphatic rings. The van der Waals surface area contributed by atoms with Gasteiger partial charge in [0.05, 0.1) is 26.3 Å². The molecule has 4 atom stereocenters. The van der Waals surface area contributed by atoms with Crippen LogP contribution in [0.25, 0.3) is 0 Å². The first-order chi connectivity index (χ1) is 23.5. The molecule has 0 bridgehead atoms. The number of likely N-dealkylation sites (tertiary alicyclic amines) is 2. The molecule has 276 valence electrons. The van der Waals surface area contributed by atoms with Gasteiger partial charge >= 0.3 is 12.3 Å². The van der Waals surface area contributed by atoms with E-state index < -0.39 is 102 Å². The molecule has 3 heterocycles. The van der Waals surface area contributed by atoms with Crippen LogP contribution >= 0.6 is 23.2 Å². The molecule has 5 rings (SSSR count). The Labute approximate surface area is 300 Å². The highest BCUT2D eigenvalue weighted by Crippen LogP contribution is 2.46. The van der Waals surface area contributed by atoms with Gasteiger partial charge in [-0.1, -0.05) is 23.2 Å². The normalized spacial score (nSPS) is 23.5. The van der Waals surface area contributed by atoms with Crippen LogP contribution in [-0.2, 0) is 29.7 Å². The van der Waals surface area contributed by atoms with Crippen LogP contribution < -0.4 is 10.1 Å². The third kappa shape index (κ3) is 7.40. The van der Waals surface area contributed by atoms with E-state index in [9.17, 15) is 41.2 Å². The third-order valence-electron chi connectivity index (χ3n) is 8.90. The zero-order valence-corrected chi connectivity index (χ0v) is 30.0. The van der Waals surface area contributed by atoms with Crippen LogP contribution in [0.2, 0.25) is 10.0 Å². The molecule has 12 nitrogen and oxygen atoms in total. The summed E-state index contributed by atoms with van der Waals surface area (Å²) in [4.78, 5) is 47.4. The molecule has 3 amide bonds. The fourth-order valence-electron chi connectivity index (χ4n) is 5.98. The maximum absolute atomic E-state index is 15.6. The molecule has 1 N–H and O–H groups in total. The second kappa shape index (κ2) is 13.3. The van der Waals surface area contributed by atoms with Crippen molar-refractivity contribution in [3.05, 3.63) is 52.0 Å². The summed E-state index contributed by atoms with van der Waals surface area (Å²) in [5, 5.41) is 10.1. The Morgan fingerprint density at radius 2 is 1.80 bits per heavy atom. The first-order valence-corrected chi connectivity index (χ1v) is 18.0. The van der Waals surface area contributed by atoms with Crippen molar-refractivity contribution in [3.8, 4) is 11.8 Å². The van der Waals surface area contributed by atoms with Crippen LogP contribution in [0.15, 0.2) is 35.4 Å². The number of nitriles is 1. The van der Waals surface area contributed by atoms with Crippen LogP contribution in [0, 0.1) is 17.1 Å². The maximum atomic E-state index is 15.6. The first-order valence-electron chi connectivity index (χ1n) is 15.7. The maximum Gasteiger partial charge on any atom is 0.425 e. The smallest absolute Gasteiger partial charge is 0.425 e. The molecule has 51 heavy (non-hydrogen) atoms. The molecular weight excluding hydrogens is 745 g/mol. The van der Waals surface area contributed by atoms with E-state index in [0.717, 1.165) is 47.2 Å². The highest BCUT2D eigenvalue weighted by molar-refractivity contribution is 7.92. The highest BCUT2D eigenvalue weighted by Gasteiger charge is 2.62. The Morgan fingerprint density at radius 1 is 1.14 bits per heavy atom. The number of sulfone groups is 1. The van der Waals surface area contributed by atoms with Crippen molar-refractivity contribution >= 4 is 50.9 Å². The Hall–Kier alpha value is -3.88. The molecule has 0 radical (unpaired) electrons. The number of nitrogens with one attached hydrogen (secondary N) is 1. The standard InChI is InChI=1S/C32H33Cl2F4N5O7S/c1-17(32(36,37)38)49-19-5-6-24(21(34)12-19)51(47,48)20-13-23(26(44)41-30(16-39)7-8-30)42(15-20)27(45)31(25-22(35)11-18(33)14-40-25)9-10-43(31)28(46)50-29(2,3)4/h5-6,11-12,14,17,20,23H,7-10,13,15H2,1-4H3,(H,41,44). The van der Waals surface area contributed by atoms with Crippen LogP contribution in [0.5, 0.6) is 5.75 Å². The molecule has 1 aliphatic carbocycles. The molecule has 1 saturated carbocycles. The average Bonchev–Trinajstić information content (AvgIpc) is 3.60. The van der Waals surface area contributed by atoms with E-state index in [-0.39, 0.29) is 23.7 Å². The van der Waals surface area contributed by atoms with Crippen molar-refractivity contribution in [1.82, 2.24) is 20.1 Å². The molecule has 19 heteroatoms. The number of pyridine rings is 1. The number of ether oxygens (including phenoxy) is 2. The van der Waals surface area contributed by atoms with Gasteiger partial charge in [-0.3, -0.25) is 19.5 Å². The zero-order valence-electron chi connectivity index (χ0n) is 27.7. The van der Waals surface area contributed by atoms with E-state index in [1.54, 1.807) is 20.8 Å². The van der Waals surface area contributed by atoms with Gasteiger partial charge in [-0.05, 0) is 65.2 Å². The topological polar surface area (TPSA) is 159 Å². The summed E-state index contributed by atoms with van der Waals surface area (Å²) in [6.45, 7) is 4.75. The van der Waals surface area contributed by atoms with E-state index >= 15 is 4.39 Å². The second-order valence-electron chi connectivity index (χ2n) is 13.7. The van der Waals surface area contributed by atoms with Crippen LogP contribution in [0.3, 0.4) is 0 Å². The number of alkyl halides is 3. The Bertz CT molecular complexity index is 1920. The average molecular weight is 779 g/mol. The van der Waals surface area contributed by atoms with Crippen molar-refractivity contribution in [1.29, 1.82) is 5.26 Å². The number of hydrogen-bond acceptors (Lipinski definition) is 9. The van der Waals surface area contributed by atoms with E-state index in [2.05, 4.69) is 10.3 Å². The van der Waals surface area contributed by atoms with Crippen molar-refractivity contribution in [3.63, 3.8) is 0 Å². The van der Waals surface area contributed by atoms with Gasteiger partial charge in [-0.2, -0.15) is 18.4 Å². The Kier molecular flexibility index (Phi) is 9.98. The third-order valence-corrected chi connectivity index (χ3v) is 11.7. The van der Waals surface area contributed by atoms with Crippen LogP contribution in [-0.4, -0.2) is 88.9 Å². The fraction of sp³-hybridized carbons (Fsp3) is 0.531. The van der Waals surface area contributed by atoms with Gasteiger partial charge in [0, 0.05) is 31.8 Å². The molecule has 4 unspecified atom stereocenters. The number of amides is 3. The minimum absolute atomic E-state index is 0.0919. The lowest BCUT2D eigenvalue weighted by Crippen LogP contribution is -2.69. The fourth-order valence-corrected chi connectivity index (χ4v) is 8.36.